The molecule has 0 saturated heterocycles. The van der Waals surface area contributed by atoms with E-state index < -0.39 is 22.8 Å². The van der Waals surface area contributed by atoms with Gasteiger partial charge in [0.15, 0.2) is 5.78 Å². The number of nitrogens with zero attached hydrogens (tertiary/aromatic N) is 1. The van der Waals surface area contributed by atoms with Gasteiger partial charge in [0.25, 0.3) is 0 Å². The number of aliphatic hydroxyl groups is 1. The van der Waals surface area contributed by atoms with Gasteiger partial charge in [-0.2, -0.15) is 0 Å². The predicted octanol–water partition coefficient (Wildman–Crippen LogP) is 7.13. The van der Waals surface area contributed by atoms with Crippen molar-refractivity contribution in [2.24, 2.45) is 0 Å². The summed E-state index contributed by atoms with van der Waals surface area (Å²) < 4.78 is 25.3. The van der Waals surface area contributed by atoms with Gasteiger partial charge < -0.3 is 19.9 Å². The van der Waals surface area contributed by atoms with Gasteiger partial charge in [-0.1, -0.05) is 6.07 Å². The first-order chi connectivity index (χ1) is 18.5. The number of ketones is 1. The van der Waals surface area contributed by atoms with Crippen molar-refractivity contribution < 1.29 is 28.6 Å². The van der Waals surface area contributed by atoms with Crippen molar-refractivity contribution in [3.63, 3.8) is 0 Å². The summed E-state index contributed by atoms with van der Waals surface area (Å²) in [6.45, 7) is 10.6. The summed E-state index contributed by atoms with van der Waals surface area (Å²) in [5.74, 6) is 0.0813. The number of aromatic nitrogens is 1. The molecule has 1 amide bonds. The number of benzene rings is 2. The van der Waals surface area contributed by atoms with E-state index in [1.807, 2.05) is 19.9 Å². The Morgan fingerprint density at radius 2 is 1.65 bits per heavy atom. The van der Waals surface area contributed by atoms with Crippen molar-refractivity contribution in [1.82, 2.24) is 10.3 Å². The van der Waals surface area contributed by atoms with Crippen LogP contribution in [0.4, 0.5) is 9.18 Å². The fraction of sp³-hybridized carbons (Fsp3) is 0.387. The van der Waals surface area contributed by atoms with Gasteiger partial charge in [-0.3, -0.25) is 4.79 Å². The molecule has 9 heteroatoms. The largest absolute Gasteiger partial charge is 0.496 e. The summed E-state index contributed by atoms with van der Waals surface area (Å²) in [6.07, 6.45) is -0.433. The second kappa shape index (κ2) is 12.2. The summed E-state index contributed by atoms with van der Waals surface area (Å²) in [5, 5.41) is 14.4. The molecule has 2 aromatic carbocycles. The van der Waals surface area contributed by atoms with Crippen molar-refractivity contribution in [2.45, 2.75) is 71.1 Å². The smallest absolute Gasteiger partial charge is 0.408 e. The molecule has 0 aliphatic carbocycles. The van der Waals surface area contributed by atoms with Crippen LogP contribution in [-0.2, 0) is 15.9 Å². The molecule has 1 aromatic heterocycles. The van der Waals surface area contributed by atoms with Crippen LogP contribution < -0.4 is 10.1 Å². The van der Waals surface area contributed by atoms with Crippen LogP contribution in [0.15, 0.2) is 54.6 Å². The lowest BCUT2D eigenvalue weighted by molar-refractivity contribution is 0.0394. The van der Waals surface area contributed by atoms with E-state index in [1.54, 1.807) is 71.2 Å². The fourth-order valence-electron chi connectivity index (χ4n) is 4.03. The molecule has 2 N–H and O–H groups in total. The van der Waals surface area contributed by atoms with Gasteiger partial charge >= 0.3 is 6.09 Å². The molecule has 0 fully saturated rings. The summed E-state index contributed by atoms with van der Waals surface area (Å²) in [7, 11) is 1.55. The van der Waals surface area contributed by atoms with E-state index in [-0.39, 0.29) is 24.4 Å². The molecular weight excluding hydrogens is 626 g/mol. The molecule has 7 nitrogen and oxygen atoms in total. The molecule has 40 heavy (non-hydrogen) atoms. The van der Waals surface area contributed by atoms with Gasteiger partial charge in [0.05, 0.1) is 27.6 Å². The highest BCUT2D eigenvalue weighted by Crippen LogP contribution is 2.33. The number of hydrogen-bond donors (Lipinski definition) is 2. The quantitative estimate of drug-likeness (QED) is 0.187. The number of methoxy groups -OCH3 is 1. The van der Waals surface area contributed by atoms with Gasteiger partial charge in [0.1, 0.15) is 22.8 Å². The first-order valence-electron chi connectivity index (χ1n) is 12.9. The zero-order chi connectivity index (χ0) is 29.9. The van der Waals surface area contributed by atoms with Crippen LogP contribution in [0.2, 0.25) is 0 Å². The van der Waals surface area contributed by atoms with Crippen molar-refractivity contribution in [2.75, 3.05) is 7.11 Å². The molecule has 214 valence electrons. The normalized spacial score (nSPS) is 13.3. The van der Waals surface area contributed by atoms with E-state index in [9.17, 15) is 19.1 Å². The Labute approximate surface area is 248 Å². The average molecular weight is 663 g/mol. The third kappa shape index (κ3) is 8.23. The van der Waals surface area contributed by atoms with Crippen LogP contribution in [-0.4, -0.2) is 34.7 Å². The lowest BCUT2D eigenvalue weighted by Gasteiger charge is -2.31. The maximum Gasteiger partial charge on any atom is 0.408 e. The number of carbonyl (C=O) groups excluding carboxylic acids is 2. The molecule has 3 aromatic rings. The lowest BCUT2D eigenvalue weighted by atomic mass is 9.87. The number of Topliss-reactive ketones (excluding diaryl/α,β-unsaturated/α-hetero) is 1. The van der Waals surface area contributed by atoms with E-state index >= 15 is 0 Å². The molecule has 3 rings (SSSR count). The van der Waals surface area contributed by atoms with E-state index in [1.165, 1.54) is 12.1 Å². The first-order valence-corrected chi connectivity index (χ1v) is 14.0. The average Bonchev–Trinajstić information content (AvgIpc) is 2.86. The number of ether oxygens (including phenoxy) is 2. The van der Waals surface area contributed by atoms with Gasteiger partial charge in [0, 0.05) is 17.5 Å². The van der Waals surface area contributed by atoms with Crippen LogP contribution in [0.25, 0.3) is 11.3 Å². The first kappa shape index (κ1) is 31.5. The van der Waals surface area contributed by atoms with E-state index in [0.29, 0.717) is 33.8 Å². The number of hydrogen-bond acceptors (Lipinski definition) is 6. The van der Waals surface area contributed by atoms with Crippen molar-refractivity contribution in [3.8, 4) is 17.0 Å². The highest BCUT2D eigenvalue weighted by atomic mass is 127. The predicted molar refractivity (Wildman–Crippen MR) is 161 cm³/mol. The highest BCUT2D eigenvalue weighted by Gasteiger charge is 2.32. The van der Waals surface area contributed by atoms with Crippen molar-refractivity contribution in [1.29, 1.82) is 0 Å². The van der Waals surface area contributed by atoms with E-state index in [4.69, 9.17) is 14.5 Å². The van der Waals surface area contributed by atoms with Gasteiger partial charge in [-0.15, -0.1) is 0 Å². The maximum absolute atomic E-state index is 13.6. The molecule has 0 aliphatic rings. The Morgan fingerprint density at radius 1 is 1.00 bits per heavy atom. The number of alkyl carbamates (subject to hydrolysis) is 1. The second-order valence-corrected chi connectivity index (χ2v) is 12.6. The van der Waals surface area contributed by atoms with Crippen LogP contribution in [0, 0.1) is 9.39 Å². The van der Waals surface area contributed by atoms with Gasteiger partial charge in [-0.05, 0) is 125 Å². The zero-order valence-corrected chi connectivity index (χ0v) is 26.1. The number of rotatable bonds is 9. The topological polar surface area (TPSA) is 97.8 Å². The molecule has 0 bridgehead atoms. The van der Waals surface area contributed by atoms with Gasteiger partial charge in [-0.25, -0.2) is 14.2 Å². The molecule has 1 atom stereocenters. The van der Waals surface area contributed by atoms with Gasteiger partial charge in [0.2, 0.25) is 0 Å². The highest BCUT2D eigenvalue weighted by molar-refractivity contribution is 14.1. The Balaban J connectivity index is 1.96. The molecule has 0 radical (unpaired) electrons. The molecule has 0 aliphatic heterocycles. The van der Waals surface area contributed by atoms with Crippen LogP contribution in [0.1, 0.15) is 76.0 Å². The minimum Gasteiger partial charge on any atom is -0.496 e. The minimum atomic E-state index is -1.49. The third-order valence-corrected chi connectivity index (χ3v) is 7.26. The van der Waals surface area contributed by atoms with Crippen LogP contribution in [0.3, 0.4) is 0 Å². The molecular formula is C31H36FIN2O5. The van der Waals surface area contributed by atoms with E-state index in [0.717, 1.165) is 3.57 Å². The van der Waals surface area contributed by atoms with Crippen LogP contribution >= 0.6 is 22.6 Å². The standard InChI is InChI=1S/C31H36FIN2O5/c1-29(2,3)40-28(37)35-30(4,5)21-17-24(19-8-11-22(32)12-9-19)34-27(18-21)31(6,38)15-14-25(36)20-10-13-23(33)26(16-20)39-7/h8-13,16-18,38H,14-15H2,1-7H3,(H,35,37). The number of pyridine rings is 1. The zero-order valence-electron chi connectivity index (χ0n) is 23.9. The molecule has 0 spiro atoms. The Morgan fingerprint density at radius 3 is 2.25 bits per heavy atom. The number of nitrogens with one attached hydrogen (secondary N) is 1. The number of carbonyl (C=O) groups is 2. The fourth-order valence-corrected chi connectivity index (χ4v) is 4.59. The molecule has 0 saturated carbocycles. The summed E-state index contributed by atoms with van der Waals surface area (Å²) >= 11 is 2.13. The van der Waals surface area contributed by atoms with Crippen LogP contribution in [0.5, 0.6) is 5.75 Å². The van der Waals surface area contributed by atoms with Crippen molar-refractivity contribution >= 4 is 34.5 Å². The molecule has 1 unspecified atom stereocenters. The Kier molecular flexibility index (Phi) is 9.62. The lowest BCUT2D eigenvalue weighted by Crippen LogP contribution is -2.44. The summed E-state index contributed by atoms with van der Waals surface area (Å²) in [6, 6.07) is 14.6. The summed E-state index contributed by atoms with van der Waals surface area (Å²) in [5.41, 5.74) is -0.512. The number of halogens is 2. The van der Waals surface area contributed by atoms with Crippen molar-refractivity contribution in [3.05, 3.63) is 80.8 Å². The summed E-state index contributed by atoms with van der Waals surface area (Å²) in [4.78, 5) is 30.3. The third-order valence-electron chi connectivity index (χ3n) is 6.36. The molecule has 1 heterocycles. The number of amides is 1. The van der Waals surface area contributed by atoms with E-state index in [2.05, 4.69) is 27.9 Å². The Hall–Kier alpha value is -3.05. The SMILES string of the molecule is COc1cc(C(=O)CCC(C)(O)c2cc(C(C)(C)NC(=O)OC(C)(C)C)cc(-c3ccc(F)cc3)n2)ccc1I. The monoisotopic (exact) mass is 662 g/mol. The minimum absolute atomic E-state index is 0.0636. The maximum atomic E-state index is 13.6. The Bertz CT molecular complexity index is 1380. The second-order valence-electron chi connectivity index (χ2n) is 11.4.